The third-order valence-electron chi connectivity index (χ3n) is 3.68. The van der Waals surface area contributed by atoms with Gasteiger partial charge in [-0.2, -0.15) is 0 Å². The summed E-state index contributed by atoms with van der Waals surface area (Å²) in [4.78, 5) is 16.7. The van der Waals surface area contributed by atoms with Crippen molar-refractivity contribution in [3.05, 3.63) is 83.3 Å². The number of rotatable bonds is 4. The van der Waals surface area contributed by atoms with Gasteiger partial charge in [-0.05, 0) is 41.7 Å². The first-order valence-corrected chi connectivity index (χ1v) is 7.71. The van der Waals surface area contributed by atoms with Crippen LogP contribution in [0.5, 0.6) is 0 Å². The Bertz CT molecular complexity index is 833. The van der Waals surface area contributed by atoms with E-state index in [2.05, 4.69) is 18.0 Å². The standard InChI is InChI=1S/C19H16ClN2O.BrH/c1-14-4-2-3-5-17(14)18-10-11-22(13-21-18)12-19(23)15-6-8-16(20)9-7-15;/h2-11,13H,12H2,1H3;1H/q+1;. The summed E-state index contributed by atoms with van der Waals surface area (Å²) in [7, 11) is 0. The maximum atomic E-state index is 12.2. The van der Waals surface area contributed by atoms with Gasteiger partial charge in [0, 0.05) is 22.2 Å². The minimum Gasteiger partial charge on any atom is -0.290 e. The molecular formula is C19H17BrClN2O+. The summed E-state index contributed by atoms with van der Waals surface area (Å²) in [5.74, 6) is 0.0251. The van der Waals surface area contributed by atoms with Gasteiger partial charge in [-0.1, -0.05) is 35.9 Å². The molecular weight excluding hydrogens is 388 g/mol. The van der Waals surface area contributed by atoms with Crippen molar-refractivity contribution >= 4 is 34.4 Å². The predicted octanol–water partition coefficient (Wildman–Crippen LogP) is 4.46. The first-order valence-electron chi connectivity index (χ1n) is 7.33. The maximum Gasteiger partial charge on any atom is 0.287 e. The molecule has 122 valence electrons. The van der Waals surface area contributed by atoms with Crippen molar-refractivity contribution in [2.45, 2.75) is 13.5 Å². The molecule has 24 heavy (non-hydrogen) atoms. The molecule has 0 saturated carbocycles. The van der Waals surface area contributed by atoms with Gasteiger partial charge in [-0.15, -0.1) is 17.0 Å². The van der Waals surface area contributed by atoms with E-state index in [0.29, 0.717) is 10.6 Å². The van der Waals surface area contributed by atoms with E-state index in [1.54, 1.807) is 35.2 Å². The van der Waals surface area contributed by atoms with Crippen molar-refractivity contribution in [2.75, 3.05) is 0 Å². The third-order valence-corrected chi connectivity index (χ3v) is 3.93. The van der Waals surface area contributed by atoms with Gasteiger partial charge < -0.3 is 0 Å². The van der Waals surface area contributed by atoms with Crippen molar-refractivity contribution < 1.29 is 9.36 Å². The number of Topliss-reactive ketones (excluding diaryl/α,β-unsaturated/α-hetero) is 1. The van der Waals surface area contributed by atoms with E-state index in [4.69, 9.17) is 11.6 Å². The molecule has 1 aromatic heterocycles. The Morgan fingerprint density at radius 1 is 1.08 bits per heavy atom. The largest absolute Gasteiger partial charge is 0.290 e. The maximum absolute atomic E-state index is 12.2. The van der Waals surface area contributed by atoms with Crippen molar-refractivity contribution in [1.29, 1.82) is 0 Å². The lowest BCUT2D eigenvalue weighted by molar-refractivity contribution is -0.686. The molecule has 0 radical (unpaired) electrons. The second-order valence-electron chi connectivity index (χ2n) is 5.36. The molecule has 0 bridgehead atoms. The Hall–Kier alpha value is -2.04. The van der Waals surface area contributed by atoms with Crippen LogP contribution in [0.2, 0.25) is 5.02 Å². The Kier molecular flexibility index (Phi) is 6.23. The Balaban J connectivity index is 0.00000208. The minimum atomic E-state index is 0. The number of hydrogen-bond donors (Lipinski definition) is 0. The van der Waals surface area contributed by atoms with Crippen molar-refractivity contribution in [3.63, 3.8) is 0 Å². The lowest BCUT2D eigenvalue weighted by Crippen LogP contribution is -2.37. The average molecular weight is 405 g/mol. The number of carbonyl (C=O) groups is 1. The SMILES string of the molecule is Br.Cc1ccccc1-c1cc[n+](CC(=O)c2ccc(Cl)cc2)cn1. The second kappa shape index (κ2) is 8.18. The fourth-order valence-corrected chi connectivity index (χ4v) is 2.52. The van der Waals surface area contributed by atoms with Crippen LogP contribution in [-0.4, -0.2) is 10.8 Å². The highest BCUT2D eigenvalue weighted by Gasteiger charge is 2.12. The van der Waals surface area contributed by atoms with Crippen molar-refractivity contribution in [1.82, 2.24) is 4.98 Å². The van der Waals surface area contributed by atoms with Gasteiger partial charge in [-0.3, -0.25) is 4.79 Å². The summed E-state index contributed by atoms with van der Waals surface area (Å²) in [5, 5.41) is 0.624. The summed E-state index contributed by atoms with van der Waals surface area (Å²) in [6.07, 6.45) is 3.57. The molecule has 3 rings (SSSR count). The monoisotopic (exact) mass is 403 g/mol. The topological polar surface area (TPSA) is 33.8 Å². The Labute approximate surface area is 156 Å². The number of halogens is 2. The van der Waals surface area contributed by atoms with Crippen LogP contribution < -0.4 is 4.57 Å². The van der Waals surface area contributed by atoms with E-state index in [1.165, 1.54) is 5.56 Å². The van der Waals surface area contributed by atoms with E-state index in [1.807, 2.05) is 30.5 Å². The van der Waals surface area contributed by atoms with Gasteiger partial charge in [-0.25, -0.2) is 4.57 Å². The summed E-state index contributed by atoms with van der Waals surface area (Å²) in [6, 6.07) is 16.9. The van der Waals surface area contributed by atoms with Gasteiger partial charge in [0.05, 0.1) is 6.20 Å². The molecule has 0 unspecified atom stereocenters. The molecule has 0 spiro atoms. The van der Waals surface area contributed by atoms with Crippen LogP contribution in [-0.2, 0) is 6.54 Å². The summed E-state index contributed by atoms with van der Waals surface area (Å²) in [6.45, 7) is 2.31. The summed E-state index contributed by atoms with van der Waals surface area (Å²) < 4.78 is 1.78. The molecule has 0 N–H and O–H groups in total. The molecule has 2 aromatic carbocycles. The normalized spacial score (nSPS) is 10.1. The van der Waals surface area contributed by atoms with Gasteiger partial charge in [0.1, 0.15) is 0 Å². The van der Waals surface area contributed by atoms with E-state index in [0.717, 1.165) is 11.3 Å². The smallest absolute Gasteiger partial charge is 0.287 e. The number of benzene rings is 2. The molecule has 0 aliphatic carbocycles. The van der Waals surface area contributed by atoms with E-state index < -0.39 is 0 Å². The quantitative estimate of drug-likeness (QED) is 0.475. The van der Waals surface area contributed by atoms with Crippen molar-refractivity contribution in [3.8, 4) is 11.3 Å². The van der Waals surface area contributed by atoms with Crippen molar-refractivity contribution in [2.24, 2.45) is 0 Å². The highest BCUT2D eigenvalue weighted by Crippen LogP contribution is 2.19. The van der Waals surface area contributed by atoms with Crippen LogP contribution in [0.15, 0.2) is 67.1 Å². The molecule has 5 heteroatoms. The van der Waals surface area contributed by atoms with E-state index >= 15 is 0 Å². The zero-order chi connectivity index (χ0) is 16.2. The van der Waals surface area contributed by atoms with Crippen LogP contribution in [0.1, 0.15) is 15.9 Å². The van der Waals surface area contributed by atoms with Crippen LogP contribution in [0.4, 0.5) is 0 Å². The van der Waals surface area contributed by atoms with Crippen LogP contribution in [0.3, 0.4) is 0 Å². The summed E-state index contributed by atoms with van der Waals surface area (Å²) >= 11 is 5.84. The number of carbonyl (C=O) groups excluding carboxylic acids is 1. The molecule has 0 amide bonds. The lowest BCUT2D eigenvalue weighted by Gasteiger charge is -2.02. The molecule has 0 atom stereocenters. The van der Waals surface area contributed by atoms with E-state index in [9.17, 15) is 4.79 Å². The number of aromatic nitrogens is 2. The molecule has 3 nitrogen and oxygen atoms in total. The Morgan fingerprint density at radius 3 is 2.42 bits per heavy atom. The van der Waals surface area contributed by atoms with Crippen LogP contribution >= 0.6 is 28.6 Å². The van der Waals surface area contributed by atoms with Crippen LogP contribution in [0, 0.1) is 6.92 Å². The molecule has 0 aliphatic heterocycles. The first kappa shape index (κ1) is 18.3. The number of nitrogens with zero attached hydrogens (tertiary/aromatic N) is 2. The summed E-state index contributed by atoms with van der Waals surface area (Å²) in [5.41, 5.74) is 3.82. The van der Waals surface area contributed by atoms with Gasteiger partial charge >= 0.3 is 0 Å². The lowest BCUT2D eigenvalue weighted by atomic mass is 10.1. The zero-order valence-corrected chi connectivity index (χ0v) is 15.6. The molecule has 1 heterocycles. The van der Waals surface area contributed by atoms with Gasteiger partial charge in [0.25, 0.3) is 6.33 Å². The highest BCUT2D eigenvalue weighted by atomic mass is 79.9. The number of ketones is 1. The van der Waals surface area contributed by atoms with E-state index in [-0.39, 0.29) is 29.3 Å². The molecule has 3 aromatic rings. The highest BCUT2D eigenvalue weighted by molar-refractivity contribution is 8.93. The molecule has 0 fully saturated rings. The van der Waals surface area contributed by atoms with Gasteiger partial charge in [0.15, 0.2) is 12.2 Å². The second-order valence-corrected chi connectivity index (χ2v) is 5.80. The minimum absolute atomic E-state index is 0. The molecule has 0 aliphatic rings. The average Bonchev–Trinajstić information content (AvgIpc) is 2.57. The Morgan fingerprint density at radius 2 is 1.79 bits per heavy atom. The third kappa shape index (κ3) is 4.28. The predicted molar refractivity (Wildman–Crippen MR) is 101 cm³/mol. The van der Waals surface area contributed by atoms with Crippen LogP contribution in [0.25, 0.3) is 11.3 Å². The molecule has 0 saturated heterocycles. The number of aryl methyl sites for hydroxylation is 1. The van der Waals surface area contributed by atoms with Gasteiger partial charge in [0.2, 0.25) is 5.78 Å². The zero-order valence-electron chi connectivity index (χ0n) is 13.1. The number of hydrogen-bond acceptors (Lipinski definition) is 2. The first-order chi connectivity index (χ1) is 11.1. The fraction of sp³-hybridized carbons (Fsp3) is 0.105. The fourth-order valence-electron chi connectivity index (χ4n) is 2.39.